The highest BCUT2D eigenvalue weighted by molar-refractivity contribution is 5.75. The Morgan fingerprint density at radius 3 is 2.56 bits per heavy atom. The van der Waals surface area contributed by atoms with Gasteiger partial charge in [0.25, 0.3) is 0 Å². The van der Waals surface area contributed by atoms with Gasteiger partial charge in [-0.2, -0.15) is 5.10 Å². The molecule has 1 heterocycles. The summed E-state index contributed by atoms with van der Waals surface area (Å²) in [6.45, 7) is 1.98. The number of benzene rings is 2. The number of nitrogens with zero attached hydrogens (tertiary/aromatic N) is 2. The first-order valence-electron chi connectivity index (χ1n) is 7.96. The SMILES string of the molecule is Cc1ccc(-c2ccn(-c3c(F)cc(C=O)cc3F)n2)cc1CNC(=O)O. The minimum Gasteiger partial charge on any atom is -0.465 e. The van der Waals surface area contributed by atoms with Crippen molar-refractivity contribution in [1.29, 1.82) is 0 Å². The molecular weight excluding hydrogens is 356 g/mol. The fourth-order valence-corrected chi connectivity index (χ4v) is 2.67. The van der Waals surface area contributed by atoms with Gasteiger partial charge in [-0.3, -0.25) is 4.79 Å². The fourth-order valence-electron chi connectivity index (χ4n) is 2.67. The lowest BCUT2D eigenvalue weighted by Crippen LogP contribution is -2.20. The van der Waals surface area contributed by atoms with E-state index in [1.54, 1.807) is 18.2 Å². The number of aromatic nitrogens is 2. The number of nitrogens with one attached hydrogen (secondary N) is 1. The van der Waals surface area contributed by atoms with E-state index in [-0.39, 0.29) is 17.8 Å². The molecular formula is C19H15F2N3O3. The molecule has 0 aliphatic heterocycles. The lowest BCUT2D eigenvalue weighted by Gasteiger charge is -2.08. The van der Waals surface area contributed by atoms with Crippen LogP contribution in [0.15, 0.2) is 42.6 Å². The van der Waals surface area contributed by atoms with Crippen molar-refractivity contribution in [3.63, 3.8) is 0 Å². The summed E-state index contributed by atoms with van der Waals surface area (Å²) in [5.74, 6) is -1.80. The lowest BCUT2D eigenvalue weighted by atomic mass is 10.0. The quantitative estimate of drug-likeness (QED) is 0.670. The Balaban J connectivity index is 1.96. The highest BCUT2D eigenvalue weighted by Gasteiger charge is 2.15. The molecule has 2 N–H and O–H groups in total. The van der Waals surface area contributed by atoms with Crippen LogP contribution in [0.5, 0.6) is 0 Å². The second-order valence-corrected chi connectivity index (χ2v) is 5.90. The van der Waals surface area contributed by atoms with Gasteiger partial charge < -0.3 is 10.4 Å². The zero-order chi connectivity index (χ0) is 19.6. The van der Waals surface area contributed by atoms with Crippen molar-refractivity contribution >= 4 is 12.4 Å². The van der Waals surface area contributed by atoms with Gasteiger partial charge in [0.15, 0.2) is 11.6 Å². The number of carbonyl (C=O) groups excluding carboxylic acids is 1. The molecule has 3 aromatic rings. The number of hydrogen-bond acceptors (Lipinski definition) is 3. The van der Waals surface area contributed by atoms with Crippen LogP contribution in [-0.2, 0) is 6.54 Å². The van der Waals surface area contributed by atoms with Gasteiger partial charge in [0.2, 0.25) is 0 Å². The van der Waals surface area contributed by atoms with Crippen LogP contribution < -0.4 is 5.32 Å². The number of rotatable bonds is 5. The number of aldehydes is 1. The average molecular weight is 371 g/mol. The van der Waals surface area contributed by atoms with Crippen LogP contribution >= 0.6 is 0 Å². The highest BCUT2D eigenvalue weighted by atomic mass is 19.1. The van der Waals surface area contributed by atoms with Crippen molar-refractivity contribution in [2.75, 3.05) is 0 Å². The predicted molar refractivity (Wildman–Crippen MR) is 93.9 cm³/mol. The smallest absolute Gasteiger partial charge is 0.404 e. The number of amides is 1. The summed E-state index contributed by atoms with van der Waals surface area (Å²) in [6, 6.07) is 8.83. The molecule has 138 valence electrons. The maximum absolute atomic E-state index is 14.2. The van der Waals surface area contributed by atoms with Crippen molar-refractivity contribution in [3.05, 3.63) is 70.9 Å². The highest BCUT2D eigenvalue weighted by Crippen LogP contribution is 2.24. The maximum Gasteiger partial charge on any atom is 0.404 e. The van der Waals surface area contributed by atoms with E-state index in [1.165, 1.54) is 6.20 Å². The van der Waals surface area contributed by atoms with E-state index in [1.807, 2.05) is 13.0 Å². The molecule has 0 aliphatic rings. The van der Waals surface area contributed by atoms with Crippen LogP contribution in [0.4, 0.5) is 13.6 Å². The molecule has 0 saturated carbocycles. The number of halogens is 2. The van der Waals surface area contributed by atoms with Crippen molar-refractivity contribution in [3.8, 4) is 16.9 Å². The van der Waals surface area contributed by atoms with E-state index in [0.29, 0.717) is 17.5 Å². The molecule has 0 spiro atoms. The van der Waals surface area contributed by atoms with Crippen LogP contribution in [0.3, 0.4) is 0 Å². The summed E-state index contributed by atoms with van der Waals surface area (Å²) >= 11 is 0. The zero-order valence-electron chi connectivity index (χ0n) is 14.2. The van der Waals surface area contributed by atoms with E-state index in [4.69, 9.17) is 5.11 Å². The second-order valence-electron chi connectivity index (χ2n) is 5.90. The summed E-state index contributed by atoms with van der Waals surface area (Å²) in [7, 11) is 0. The topological polar surface area (TPSA) is 84.2 Å². The Bertz CT molecular complexity index is 1010. The van der Waals surface area contributed by atoms with Gasteiger partial charge >= 0.3 is 6.09 Å². The molecule has 0 aliphatic carbocycles. The molecule has 6 nitrogen and oxygen atoms in total. The Morgan fingerprint density at radius 2 is 1.93 bits per heavy atom. The second kappa shape index (κ2) is 7.36. The largest absolute Gasteiger partial charge is 0.465 e. The number of carbonyl (C=O) groups is 2. The van der Waals surface area contributed by atoms with Crippen molar-refractivity contribution < 1.29 is 23.5 Å². The van der Waals surface area contributed by atoms with Crippen LogP contribution in [0.25, 0.3) is 16.9 Å². The average Bonchev–Trinajstić information content (AvgIpc) is 3.09. The van der Waals surface area contributed by atoms with Crippen molar-refractivity contribution in [2.24, 2.45) is 0 Å². The van der Waals surface area contributed by atoms with Gasteiger partial charge in [0.05, 0.1) is 5.69 Å². The summed E-state index contributed by atoms with van der Waals surface area (Å²) < 4.78 is 29.4. The van der Waals surface area contributed by atoms with Crippen LogP contribution in [0.1, 0.15) is 21.5 Å². The monoisotopic (exact) mass is 371 g/mol. The zero-order valence-corrected chi connectivity index (χ0v) is 14.2. The van der Waals surface area contributed by atoms with E-state index < -0.39 is 17.7 Å². The van der Waals surface area contributed by atoms with E-state index >= 15 is 0 Å². The molecule has 0 atom stereocenters. The molecule has 27 heavy (non-hydrogen) atoms. The molecule has 0 radical (unpaired) electrons. The third kappa shape index (κ3) is 3.84. The standard InChI is InChI=1S/C19H15F2N3O3/c1-11-2-3-13(8-14(11)9-22-19(26)27)17-4-5-24(23-17)18-15(20)6-12(10-25)7-16(18)21/h2-8,10,22H,9H2,1H3,(H,26,27). The lowest BCUT2D eigenvalue weighted by molar-refractivity contribution is 0.112. The van der Waals surface area contributed by atoms with E-state index in [2.05, 4.69) is 10.4 Å². The number of aryl methyl sites for hydroxylation is 1. The number of hydrogen-bond donors (Lipinski definition) is 2. The predicted octanol–water partition coefficient (Wildman–Crippen LogP) is 3.71. The Kier molecular flexibility index (Phi) is 4.98. The van der Waals surface area contributed by atoms with Crippen molar-refractivity contribution in [2.45, 2.75) is 13.5 Å². The van der Waals surface area contributed by atoms with Crippen molar-refractivity contribution in [1.82, 2.24) is 15.1 Å². The van der Waals surface area contributed by atoms with Gasteiger partial charge in [-0.15, -0.1) is 0 Å². The molecule has 0 fully saturated rings. The first-order valence-corrected chi connectivity index (χ1v) is 7.96. The van der Waals surface area contributed by atoms with E-state index in [0.717, 1.165) is 27.9 Å². The Labute approximate surface area is 153 Å². The van der Waals surface area contributed by atoms with Gasteiger partial charge in [0.1, 0.15) is 12.0 Å². The third-order valence-electron chi connectivity index (χ3n) is 4.07. The molecule has 3 rings (SSSR count). The fraction of sp³-hybridized carbons (Fsp3) is 0.105. The van der Waals surface area contributed by atoms with Crippen LogP contribution in [0, 0.1) is 18.6 Å². The normalized spacial score (nSPS) is 10.6. The summed E-state index contributed by atoms with van der Waals surface area (Å²) in [5.41, 5.74) is 2.31. The summed E-state index contributed by atoms with van der Waals surface area (Å²) in [6.07, 6.45) is 0.643. The summed E-state index contributed by atoms with van der Waals surface area (Å²) in [5, 5.41) is 15.3. The van der Waals surface area contributed by atoms with Gasteiger partial charge in [-0.25, -0.2) is 18.3 Å². The first kappa shape index (κ1) is 18.2. The van der Waals surface area contributed by atoms with E-state index in [9.17, 15) is 18.4 Å². The van der Waals surface area contributed by atoms with Gasteiger partial charge in [0, 0.05) is 23.9 Å². The minimum atomic E-state index is -1.13. The number of carboxylic acid groups (broad SMARTS) is 1. The summed E-state index contributed by atoms with van der Waals surface area (Å²) in [4.78, 5) is 21.4. The molecule has 1 amide bonds. The van der Waals surface area contributed by atoms with Gasteiger partial charge in [-0.1, -0.05) is 12.1 Å². The third-order valence-corrected chi connectivity index (χ3v) is 4.07. The molecule has 0 bridgehead atoms. The Hall–Kier alpha value is -3.55. The molecule has 1 aromatic heterocycles. The van der Waals surface area contributed by atoms with Gasteiger partial charge in [-0.05, 0) is 42.3 Å². The Morgan fingerprint density at radius 1 is 1.22 bits per heavy atom. The first-order chi connectivity index (χ1) is 12.9. The molecule has 0 unspecified atom stereocenters. The minimum absolute atomic E-state index is 0.102. The maximum atomic E-state index is 14.2. The molecule has 0 saturated heterocycles. The molecule has 2 aromatic carbocycles. The molecule has 8 heteroatoms. The van der Waals surface area contributed by atoms with Crippen LogP contribution in [0.2, 0.25) is 0 Å². The van der Waals surface area contributed by atoms with Crippen LogP contribution in [-0.4, -0.2) is 27.3 Å².